The van der Waals surface area contributed by atoms with Gasteiger partial charge in [0, 0.05) is 27.4 Å². The monoisotopic (exact) mass is 419 g/mol. The zero-order valence-electron chi connectivity index (χ0n) is 17.3. The van der Waals surface area contributed by atoms with Gasteiger partial charge in [0.25, 0.3) is 0 Å². The molecule has 0 spiro atoms. The molecule has 0 aliphatic carbocycles. The summed E-state index contributed by atoms with van der Waals surface area (Å²) in [6.45, 7) is 7.16. The molecule has 1 saturated heterocycles. The molecule has 1 amide bonds. The van der Waals surface area contributed by atoms with Gasteiger partial charge in [-0.05, 0) is 13.3 Å². The van der Waals surface area contributed by atoms with Crippen molar-refractivity contribution in [2.75, 3.05) is 19.8 Å². The topological polar surface area (TPSA) is 136 Å². The molecular formula is C18H29NO10. The third-order valence-corrected chi connectivity index (χ3v) is 3.75. The molecule has 0 saturated carbocycles. The van der Waals surface area contributed by atoms with E-state index in [1.165, 1.54) is 20.8 Å². The molecule has 1 heterocycles. The lowest BCUT2D eigenvalue weighted by Crippen LogP contribution is -2.66. The van der Waals surface area contributed by atoms with Crippen LogP contribution in [0.2, 0.25) is 0 Å². The van der Waals surface area contributed by atoms with Gasteiger partial charge in [0.1, 0.15) is 18.8 Å². The van der Waals surface area contributed by atoms with Crippen molar-refractivity contribution in [3.05, 3.63) is 0 Å². The average Bonchev–Trinajstić information content (AvgIpc) is 2.61. The molecule has 1 fully saturated rings. The fraction of sp³-hybridized carbons (Fsp3) is 0.778. The molecule has 0 aromatic heterocycles. The molecule has 1 N–H and O–H groups in total. The largest absolute Gasteiger partial charge is 0.463 e. The minimum atomic E-state index is -1.17. The Balaban J connectivity index is 3.25. The van der Waals surface area contributed by atoms with Crippen molar-refractivity contribution in [2.45, 2.75) is 71.7 Å². The molecule has 1 aliphatic heterocycles. The zero-order chi connectivity index (χ0) is 22.0. The Morgan fingerprint density at radius 2 is 1.52 bits per heavy atom. The normalized spacial score (nSPS) is 26.2. The van der Waals surface area contributed by atoms with Crippen LogP contribution in [0.1, 0.15) is 41.0 Å². The number of nitrogens with one attached hydrogen (secondary N) is 1. The maximum atomic E-state index is 12.0. The molecule has 11 heteroatoms. The highest BCUT2D eigenvalue weighted by Gasteiger charge is 2.51. The van der Waals surface area contributed by atoms with Gasteiger partial charge in [0.05, 0.1) is 6.61 Å². The zero-order valence-corrected chi connectivity index (χ0v) is 17.3. The van der Waals surface area contributed by atoms with Gasteiger partial charge in [-0.25, -0.2) is 4.79 Å². The molecule has 0 radical (unpaired) electrons. The second-order valence-corrected chi connectivity index (χ2v) is 6.25. The van der Waals surface area contributed by atoms with Crippen LogP contribution >= 0.6 is 0 Å². The molecule has 0 bridgehead atoms. The van der Waals surface area contributed by atoms with Gasteiger partial charge >= 0.3 is 24.0 Å². The minimum absolute atomic E-state index is 0.112. The molecule has 0 unspecified atom stereocenters. The Morgan fingerprint density at radius 1 is 0.897 bits per heavy atom. The van der Waals surface area contributed by atoms with Crippen LogP contribution in [-0.2, 0) is 42.8 Å². The van der Waals surface area contributed by atoms with Gasteiger partial charge in [-0.1, -0.05) is 6.92 Å². The van der Waals surface area contributed by atoms with Gasteiger partial charge in [-0.15, -0.1) is 0 Å². The van der Waals surface area contributed by atoms with Crippen LogP contribution in [0, 0.1) is 0 Å². The van der Waals surface area contributed by atoms with Gasteiger partial charge in [0.2, 0.25) is 0 Å². The van der Waals surface area contributed by atoms with Gasteiger partial charge in [0.15, 0.2) is 18.5 Å². The molecule has 0 aromatic carbocycles. The number of amides is 1. The van der Waals surface area contributed by atoms with Gasteiger partial charge in [-0.3, -0.25) is 14.4 Å². The van der Waals surface area contributed by atoms with Crippen molar-refractivity contribution >= 4 is 24.0 Å². The highest BCUT2D eigenvalue weighted by molar-refractivity contribution is 5.69. The smallest absolute Gasteiger partial charge is 0.407 e. The summed E-state index contributed by atoms with van der Waals surface area (Å²) in [5, 5.41) is 2.54. The van der Waals surface area contributed by atoms with E-state index in [2.05, 4.69) is 5.32 Å². The summed E-state index contributed by atoms with van der Waals surface area (Å²) in [6.07, 6.45) is -4.54. The number of rotatable bonds is 9. The van der Waals surface area contributed by atoms with Crippen molar-refractivity contribution < 1.29 is 47.6 Å². The van der Waals surface area contributed by atoms with E-state index in [1.54, 1.807) is 6.92 Å². The van der Waals surface area contributed by atoms with E-state index >= 15 is 0 Å². The quantitative estimate of drug-likeness (QED) is 0.420. The van der Waals surface area contributed by atoms with Crippen molar-refractivity contribution in [1.82, 2.24) is 5.32 Å². The molecular weight excluding hydrogens is 390 g/mol. The summed E-state index contributed by atoms with van der Waals surface area (Å²) >= 11 is 0. The Kier molecular flexibility index (Phi) is 10.4. The maximum Gasteiger partial charge on any atom is 0.407 e. The lowest BCUT2D eigenvalue weighted by molar-refractivity contribution is -0.277. The van der Waals surface area contributed by atoms with Gasteiger partial charge in [-0.2, -0.15) is 0 Å². The predicted octanol–water partition coefficient (Wildman–Crippen LogP) is 0.679. The van der Waals surface area contributed by atoms with Crippen LogP contribution < -0.4 is 5.32 Å². The summed E-state index contributed by atoms with van der Waals surface area (Å²) in [5.74, 6) is -1.92. The van der Waals surface area contributed by atoms with E-state index in [9.17, 15) is 19.2 Å². The fourth-order valence-electron chi connectivity index (χ4n) is 2.74. The number of hydrogen-bond donors (Lipinski definition) is 1. The fourth-order valence-corrected chi connectivity index (χ4v) is 2.74. The van der Waals surface area contributed by atoms with E-state index in [4.69, 9.17) is 28.4 Å². The second kappa shape index (κ2) is 12.2. The average molecular weight is 419 g/mol. The highest BCUT2D eigenvalue weighted by atomic mass is 16.7. The van der Waals surface area contributed by atoms with E-state index in [0.717, 1.165) is 0 Å². The van der Waals surface area contributed by atoms with Crippen LogP contribution in [0.4, 0.5) is 4.79 Å². The number of carbonyl (C=O) groups is 4. The second-order valence-electron chi connectivity index (χ2n) is 6.25. The first kappa shape index (κ1) is 24.6. The number of carbonyl (C=O) groups excluding carboxylic acids is 4. The first-order valence-corrected chi connectivity index (χ1v) is 9.37. The lowest BCUT2D eigenvalue weighted by Gasteiger charge is -2.44. The van der Waals surface area contributed by atoms with Crippen LogP contribution in [-0.4, -0.2) is 74.5 Å². The number of ether oxygens (including phenoxy) is 6. The summed E-state index contributed by atoms with van der Waals surface area (Å²) in [7, 11) is 0. The maximum absolute atomic E-state index is 12.0. The van der Waals surface area contributed by atoms with Crippen molar-refractivity contribution in [3.63, 3.8) is 0 Å². The Morgan fingerprint density at radius 3 is 2.03 bits per heavy atom. The van der Waals surface area contributed by atoms with Crippen molar-refractivity contribution in [3.8, 4) is 0 Å². The van der Waals surface area contributed by atoms with E-state index in [-0.39, 0.29) is 19.8 Å². The number of hydrogen-bond acceptors (Lipinski definition) is 10. The lowest BCUT2D eigenvalue weighted by atomic mass is 9.96. The van der Waals surface area contributed by atoms with Crippen molar-refractivity contribution in [2.24, 2.45) is 0 Å². The molecule has 11 nitrogen and oxygen atoms in total. The first-order chi connectivity index (χ1) is 13.7. The molecule has 1 rings (SSSR count). The minimum Gasteiger partial charge on any atom is -0.463 e. The molecule has 0 aromatic rings. The summed E-state index contributed by atoms with van der Waals surface area (Å²) in [6, 6.07) is -1.04. The van der Waals surface area contributed by atoms with E-state index in [0.29, 0.717) is 6.42 Å². The van der Waals surface area contributed by atoms with E-state index < -0.39 is 54.6 Å². The van der Waals surface area contributed by atoms with Crippen LogP contribution in [0.15, 0.2) is 0 Å². The van der Waals surface area contributed by atoms with Crippen molar-refractivity contribution in [1.29, 1.82) is 0 Å². The molecule has 29 heavy (non-hydrogen) atoms. The third-order valence-electron chi connectivity index (χ3n) is 3.75. The standard InChI is InChI=1S/C18H29NO10/c1-6-8-25-17-14(19-18(23)24-7-2)16(28-12(5)22)15(27-11(4)21)13(29-17)9-26-10(3)20/h13-17H,6-9H2,1-5H3,(H,19,23)/t13-,14+,15-,16-,17-/m0/s1. The summed E-state index contributed by atoms with van der Waals surface area (Å²) in [5.41, 5.74) is 0. The molecule has 1 aliphatic rings. The molecule has 5 atom stereocenters. The van der Waals surface area contributed by atoms with Crippen LogP contribution in [0.5, 0.6) is 0 Å². The van der Waals surface area contributed by atoms with E-state index in [1.807, 2.05) is 6.92 Å². The SMILES string of the molecule is CCCO[C@H]1O[C@@H](COC(C)=O)[C@H](OC(C)=O)[C@@H](OC(C)=O)[C@H]1NC(=O)OCC. The summed E-state index contributed by atoms with van der Waals surface area (Å²) in [4.78, 5) is 46.6. The Hall–Kier alpha value is -2.40. The highest BCUT2D eigenvalue weighted by Crippen LogP contribution is 2.28. The predicted molar refractivity (Wildman–Crippen MR) is 96.6 cm³/mol. The number of esters is 3. The van der Waals surface area contributed by atoms with Gasteiger partial charge < -0.3 is 33.7 Å². The summed E-state index contributed by atoms with van der Waals surface area (Å²) < 4.78 is 32.0. The Labute approximate surface area is 169 Å². The van der Waals surface area contributed by atoms with Crippen LogP contribution in [0.25, 0.3) is 0 Å². The Bertz CT molecular complexity index is 581. The molecule has 166 valence electrons. The van der Waals surface area contributed by atoms with Crippen LogP contribution in [0.3, 0.4) is 0 Å². The number of alkyl carbamates (subject to hydrolysis) is 1. The third kappa shape index (κ3) is 8.24. The first-order valence-electron chi connectivity index (χ1n) is 9.37.